The molecule has 0 saturated heterocycles. The summed E-state index contributed by atoms with van der Waals surface area (Å²) in [6, 6.07) is 31.1. The summed E-state index contributed by atoms with van der Waals surface area (Å²) in [5.74, 6) is 0. The van der Waals surface area contributed by atoms with Crippen LogP contribution < -0.4 is 9.29 Å². The Bertz CT molecular complexity index is 1430. The van der Waals surface area contributed by atoms with Crippen molar-refractivity contribution in [3.63, 3.8) is 0 Å². The second-order valence-corrected chi connectivity index (χ2v) is 11.3. The fourth-order valence-corrected chi connectivity index (χ4v) is 4.75. The predicted octanol–water partition coefficient (Wildman–Crippen LogP) is 6.07. The Kier molecular flexibility index (Phi) is 6.90. The first-order valence-electron chi connectivity index (χ1n) is 11.6. The number of sulfonamides is 1. The average molecular weight is 484 g/mol. The molecule has 0 fully saturated rings. The lowest BCUT2D eigenvalue weighted by Gasteiger charge is -2.19. The van der Waals surface area contributed by atoms with Crippen LogP contribution in [0.5, 0.6) is 0 Å². The maximum Gasteiger partial charge on any atom is 0.261 e. The molecule has 0 atom stereocenters. The summed E-state index contributed by atoms with van der Waals surface area (Å²) >= 11 is 0. The first-order valence-corrected chi connectivity index (χ1v) is 13.1. The lowest BCUT2D eigenvalue weighted by Crippen LogP contribution is -2.36. The Labute approximate surface area is 208 Å². The fourth-order valence-electron chi connectivity index (χ4n) is 3.85. The van der Waals surface area contributed by atoms with Crippen LogP contribution in [-0.2, 0) is 15.4 Å². The maximum atomic E-state index is 13.1. The normalized spacial score (nSPS) is 12.4. The second-order valence-electron chi connectivity index (χ2n) is 9.61. The smallest absolute Gasteiger partial charge is 0.261 e. The van der Waals surface area contributed by atoms with Crippen LogP contribution >= 0.6 is 0 Å². The van der Waals surface area contributed by atoms with Gasteiger partial charge in [0, 0.05) is 23.3 Å². The molecule has 178 valence electrons. The zero-order chi connectivity index (χ0) is 25.1. The number of nitrogens with zero attached hydrogens (tertiary/aromatic N) is 1. The fraction of sp³-hybridized carbons (Fsp3) is 0.167. The summed E-state index contributed by atoms with van der Waals surface area (Å²) in [7, 11) is -3.74. The molecule has 1 N–H and O–H groups in total. The highest BCUT2D eigenvalue weighted by Gasteiger charge is 2.22. The number of rotatable bonds is 6. The van der Waals surface area contributed by atoms with Gasteiger partial charge in [-0.2, -0.15) is 4.57 Å². The van der Waals surface area contributed by atoms with Crippen LogP contribution in [0.25, 0.3) is 17.0 Å². The second kappa shape index (κ2) is 9.88. The van der Waals surface area contributed by atoms with Crippen LogP contribution in [0.3, 0.4) is 0 Å². The molecule has 35 heavy (non-hydrogen) atoms. The summed E-state index contributed by atoms with van der Waals surface area (Å²) in [5, 5.41) is 0. The molecule has 0 aliphatic heterocycles. The van der Waals surface area contributed by atoms with E-state index in [0.717, 1.165) is 28.1 Å². The number of aromatic nitrogens is 1. The molecule has 0 bridgehead atoms. The maximum absolute atomic E-state index is 13.1. The Balaban J connectivity index is 1.83. The van der Waals surface area contributed by atoms with Gasteiger partial charge < -0.3 is 0 Å². The Hall–Kier alpha value is -3.70. The molecule has 3 aromatic carbocycles. The van der Waals surface area contributed by atoms with Gasteiger partial charge in [0.1, 0.15) is 0 Å². The first kappa shape index (κ1) is 24.4. The molecule has 0 amide bonds. The van der Waals surface area contributed by atoms with Crippen LogP contribution in [0.4, 0.5) is 0 Å². The van der Waals surface area contributed by atoms with Gasteiger partial charge in [-0.1, -0.05) is 68.8 Å². The molecule has 0 unspecified atom stereocenters. The lowest BCUT2D eigenvalue weighted by molar-refractivity contribution is -0.567. The molecule has 1 heterocycles. The van der Waals surface area contributed by atoms with Crippen molar-refractivity contribution in [3.05, 3.63) is 126 Å². The quantitative estimate of drug-likeness (QED) is 0.338. The SMILES string of the molecule is Cc1ccc(S(=O)(=O)N/C=C(/c2ccc(C(C)(C)C)cc2)[n+]2ccccc2-c2ccccc2)cc1. The number of pyridine rings is 1. The number of aryl methyl sites for hydroxylation is 1. The van der Waals surface area contributed by atoms with Crippen LogP contribution in [0.1, 0.15) is 37.5 Å². The third-order valence-corrected chi connectivity index (χ3v) is 7.24. The van der Waals surface area contributed by atoms with Crippen molar-refractivity contribution < 1.29 is 13.0 Å². The van der Waals surface area contributed by atoms with Crippen molar-refractivity contribution in [2.45, 2.75) is 38.0 Å². The zero-order valence-corrected chi connectivity index (χ0v) is 21.4. The van der Waals surface area contributed by atoms with E-state index in [1.807, 2.05) is 78.4 Å². The average Bonchev–Trinajstić information content (AvgIpc) is 2.85. The summed E-state index contributed by atoms with van der Waals surface area (Å²) in [6.07, 6.45) is 3.53. The van der Waals surface area contributed by atoms with Crippen molar-refractivity contribution in [2.75, 3.05) is 0 Å². The number of nitrogens with one attached hydrogen (secondary N) is 1. The number of benzene rings is 3. The molecule has 0 aliphatic rings. The minimum Gasteiger partial charge on any atom is -0.280 e. The molecule has 0 spiro atoms. The standard InChI is InChI=1S/C30H31N2O2S/c1-23-13-19-27(20-14-23)35(33,34)31-22-29(25-15-17-26(18-16-25)30(2,3)4)32-21-9-8-12-28(32)24-10-6-5-7-11-24/h5-22,31H,1-4H3/q+1/b29-22-. The molecule has 4 nitrogen and oxygen atoms in total. The Morgan fingerprint density at radius 1 is 0.800 bits per heavy atom. The molecule has 4 aromatic rings. The van der Waals surface area contributed by atoms with Crippen molar-refractivity contribution in [1.29, 1.82) is 0 Å². The molecule has 0 radical (unpaired) electrons. The minimum atomic E-state index is -3.74. The van der Waals surface area contributed by atoms with Crippen molar-refractivity contribution in [3.8, 4) is 11.3 Å². The lowest BCUT2D eigenvalue weighted by atomic mass is 9.86. The van der Waals surface area contributed by atoms with Gasteiger partial charge in [0.15, 0.2) is 6.20 Å². The van der Waals surface area contributed by atoms with E-state index in [2.05, 4.69) is 37.6 Å². The highest BCUT2D eigenvalue weighted by molar-refractivity contribution is 7.89. The van der Waals surface area contributed by atoms with E-state index in [-0.39, 0.29) is 10.3 Å². The number of hydrogen-bond donors (Lipinski definition) is 1. The van der Waals surface area contributed by atoms with Crippen molar-refractivity contribution >= 4 is 15.7 Å². The summed E-state index contributed by atoms with van der Waals surface area (Å²) in [6.45, 7) is 8.45. The summed E-state index contributed by atoms with van der Waals surface area (Å²) in [4.78, 5) is 0.225. The van der Waals surface area contributed by atoms with Gasteiger partial charge in [0.05, 0.1) is 11.1 Å². The third kappa shape index (κ3) is 5.69. The van der Waals surface area contributed by atoms with Gasteiger partial charge in [0.2, 0.25) is 11.4 Å². The van der Waals surface area contributed by atoms with E-state index in [1.54, 1.807) is 30.5 Å². The van der Waals surface area contributed by atoms with Crippen LogP contribution in [0.2, 0.25) is 0 Å². The van der Waals surface area contributed by atoms with Crippen LogP contribution in [0, 0.1) is 6.92 Å². The largest absolute Gasteiger partial charge is 0.280 e. The van der Waals surface area contributed by atoms with Gasteiger partial charge in [-0.15, -0.1) is 0 Å². The van der Waals surface area contributed by atoms with E-state index in [9.17, 15) is 8.42 Å². The van der Waals surface area contributed by atoms with E-state index < -0.39 is 10.0 Å². The Morgan fingerprint density at radius 3 is 2.06 bits per heavy atom. The van der Waals surface area contributed by atoms with Crippen LogP contribution in [0.15, 0.2) is 114 Å². The van der Waals surface area contributed by atoms with Crippen LogP contribution in [-0.4, -0.2) is 8.42 Å². The minimum absolute atomic E-state index is 0.0184. The molecule has 1 aromatic heterocycles. The zero-order valence-electron chi connectivity index (χ0n) is 20.6. The highest BCUT2D eigenvalue weighted by Crippen LogP contribution is 2.25. The van der Waals surface area contributed by atoms with Gasteiger partial charge in [-0.25, -0.2) is 8.42 Å². The summed E-state index contributed by atoms with van der Waals surface area (Å²) < 4.78 is 30.9. The molecular weight excluding hydrogens is 452 g/mol. The topological polar surface area (TPSA) is 50.1 Å². The monoisotopic (exact) mass is 483 g/mol. The van der Waals surface area contributed by atoms with E-state index in [4.69, 9.17) is 0 Å². The molecule has 4 rings (SSSR count). The van der Waals surface area contributed by atoms with E-state index in [1.165, 1.54) is 5.56 Å². The van der Waals surface area contributed by atoms with Crippen molar-refractivity contribution in [2.24, 2.45) is 0 Å². The van der Waals surface area contributed by atoms with E-state index >= 15 is 0 Å². The Morgan fingerprint density at radius 2 is 1.43 bits per heavy atom. The van der Waals surface area contributed by atoms with E-state index in [0.29, 0.717) is 0 Å². The molecular formula is C30H31N2O2S+. The molecule has 0 saturated carbocycles. The van der Waals surface area contributed by atoms with Gasteiger partial charge in [-0.05, 0) is 60.4 Å². The van der Waals surface area contributed by atoms with Crippen molar-refractivity contribution in [1.82, 2.24) is 4.72 Å². The molecule has 0 aliphatic carbocycles. The van der Waals surface area contributed by atoms with Gasteiger partial charge in [-0.3, -0.25) is 4.72 Å². The third-order valence-electron chi connectivity index (χ3n) is 5.92. The van der Waals surface area contributed by atoms with Gasteiger partial charge in [0.25, 0.3) is 10.0 Å². The molecule has 5 heteroatoms. The highest BCUT2D eigenvalue weighted by atomic mass is 32.2. The summed E-state index contributed by atoms with van der Waals surface area (Å²) in [5.41, 5.74) is 5.84. The number of hydrogen-bond acceptors (Lipinski definition) is 2. The predicted molar refractivity (Wildman–Crippen MR) is 142 cm³/mol. The first-order chi connectivity index (χ1) is 16.6. The van der Waals surface area contributed by atoms with Gasteiger partial charge >= 0.3 is 0 Å².